The predicted molar refractivity (Wildman–Crippen MR) is 110 cm³/mol. The van der Waals surface area contributed by atoms with Gasteiger partial charge in [-0.1, -0.05) is 12.8 Å². The fraction of sp³-hybridized carbons (Fsp3) is 0.762. The highest BCUT2D eigenvalue weighted by Crippen LogP contribution is 2.21. The molecule has 10 heteroatoms. The van der Waals surface area contributed by atoms with Crippen molar-refractivity contribution in [3.63, 3.8) is 0 Å². The Labute approximate surface area is 181 Å². The molecule has 0 bridgehead atoms. The molecule has 3 saturated heterocycles. The minimum atomic E-state index is -0.841. The number of Topliss-reactive ketones (excluding diaryl/α,β-unsaturated/α-hetero) is 1. The number of rotatable bonds is 7. The van der Waals surface area contributed by atoms with E-state index in [9.17, 15) is 24.0 Å². The Morgan fingerprint density at radius 3 is 2.29 bits per heavy atom. The van der Waals surface area contributed by atoms with Gasteiger partial charge in [0.1, 0.15) is 30.3 Å². The van der Waals surface area contributed by atoms with E-state index in [2.05, 4.69) is 16.0 Å². The van der Waals surface area contributed by atoms with E-state index >= 15 is 0 Å². The van der Waals surface area contributed by atoms with Crippen LogP contribution in [-0.2, 0) is 28.7 Å². The lowest BCUT2D eigenvalue weighted by atomic mass is 10.0. The molecule has 0 radical (unpaired) electrons. The van der Waals surface area contributed by atoms with Crippen molar-refractivity contribution >= 4 is 29.4 Å². The quantitative estimate of drug-likeness (QED) is 0.360. The predicted octanol–water partition coefficient (Wildman–Crippen LogP) is -0.596. The zero-order valence-electron chi connectivity index (χ0n) is 18.1. The van der Waals surface area contributed by atoms with Gasteiger partial charge in [-0.15, -0.1) is 0 Å². The van der Waals surface area contributed by atoms with Gasteiger partial charge < -0.3 is 25.6 Å². The SMILES string of the molecule is C[C@@H]1NC(=O)[C@H](C)NC(=O)[C@@H]2CCCN2C(=O)[C@@H](CCCCCC(=O)[C@@H]2CO2)NC1=O. The maximum Gasteiger partial charge on any atom is 0.245 e. The van der Waals surface area contributed by atoms with E-state index in [-0.39, 0.29) is 23.7 Å². The topological polar surface area (TPSA) is 137 Å². The first-order chi connectivity index (χ1) is 14.8. The Bertz CT molecular complexity index is 737. The number of hydrogen-bond donors (Lipinski definition) is 3. The summed E-state index contributed by atoms with van der Waals surface area (Å²) in [5, 5.41) is 8.00. The number of ether oxygens (including phenoxy) is 1. The minimum Gasteiger partial charge on any atom is -0.365 e. The van der Waals surface area contributed by atoms with Gasteiger partial charge in [-0.2, -0.15) is 0 Å². The lowest BCUT2D eigenvalue weighted by molar-refractivity contribution is -0.143. The molecule has 3 N–H and O–H groups in total. The van der Waals surface area contributed by atoms with Gasteiger partial charge in [-0.25, -0.2) is 0 Å². The summed E-state index contributed by atoms with van der Waals surface area (Å²) < 4.78 is 4.98. The maximum absolute atomic E-state index is 13.2. The van der Waals surface area contributed by atoms with Crippen molar-refractivity contribution in [2.75, 3.05) is 13.2 Å². The fourth-order valence-electron chi connectivity index (χ4n) is 4.06. The lowest BCUT2D eigenvalue weighted by Crippen LogP contribution is -2.60. The second-order valence-electron chi connectivity index (χ2n) is 8.60. The van der Waals surface area contributed by atoms with E-state index in [4.69, 9.17) is 4.74 Å². The number of nitrogens with zero attached hydrogens (tertiary/aromatic N) is 1. The van der Waals surface area contributed by atoms with Gasteiger partial charge in [0.15, 0.2) is 5.78 Å². The van der Waals surface area contributed by atoms with Gasteiger partial charge in [-0.3, -0.25) is 24.0 Å². The maximum atomic E-state index is 13.2. The van der Waals surface area contributed by atoms with Crippen molar-refractivity contribution in [1.82, 2.24) is 20.9 Å². The van der Waals surface area contributed by atoms with Gasteiger partial charge in [0, 0.05) is 13.0 Å². The molecule has 172 valence electrons. The zero-order chi connectivity index (χ0) is 22.5. The molecule has 4 amide bonds. The Morgan fingerprint density at radius 1 is 0.968 bits per heavy atom. The van der Waals surface area contributed by atoms with E-state index < -0.39 is 36.0 Å². The molecule has 5 atom stereocenters. The summed E-state index contributed by atoms with van der Waals surface area (Å²) in [6, 6.07) is -3.07. The number of amides is 4. The molecule has 10 nitrogen and oxygen atoms in total. The molecule has 31 heavy (non-hydrogen) atoms. The Morgan fingerprint density at radius 2 is 1.61 bits per heavy atom. The zero-order valence-corrected chi connectivity index (χ0v) is 18.1. The van der Waals surface area contributed by atoms with Crippen LogP contribution >= 0.6 is 0 Å². The number of ketones is 1. The molecular formula is C21H32N4O6. The van der Waals surface area contributed by atoms with Gasteiger partial charge in [0.2, 0.25) is 23.6 Å². The van der Waals surface area contributed by atoms with Crippen LogP contribution in [0.4, 0.5) is 0 Å². The highest BCUT2D eigenvalue weighted by atomic mass is 16.6. The van der Waals surface area contributed by atoms with Crippen LogP contribution in [0.2, 0.25) is 0 Å². The smallest absolute Gasteiger partial charge is 0.245 e. The van der Waals surface area contributed by atoms with Gasteiger partial charge in [0.25, 0.3) is 0 Å². The summed E-state index contributed by atoms with van der Waals surface area (Å²) in [5.41, 5.74) is 0. The summed E-state index contributed by atoms with van der Waals surface area (Å²) in [7, 11) is 0. The highest BCUT2D eigenvalue weighted by molar-refractivity contribution is 5.97. The monoisotopic (exact) mass is 436 g/mol. The van der Waals surface area contributed by atoms with Crippen LogP contribution in [0, 0.1) is 0 Å². The summed E-state index contributed by atoms with van der Waals surface area (Å²) >= 11 is 0. The van der Waals surface area contributed by atoms with Crippen LogP contribution < -0.4 is 16.0 Å². The van der Waals surface area contributed by atoms with Crippen LogP contribution in [0.15, 0.2) is 0 Å². The number of epoxide rings is 1. The molecule has 0 saturated carbocycles. The minimum absolute atomic E-state index is 0.111. The first-order valence-corrected chi connectivity index (χ1v) is 11.1. The molecule has 3 heterocycles. The van der Waals surface area contributed by atoms with Crippen molar-refractivity contribution < 1.29 is 28.7 Å². The first kappa shape index (κ1) is 23.2. The molecule has 3 rings (SSSR count). The van der Waals surface area contributed by atoms with Crippen LogP contribution in [0.5, 0.6) is 0 Å². The van der Waals surface area contributed by atoms with Crippen LogP contribution in [0.1, 0.15) is 58.8 Å². The molecule has 0 aromatic rings. The van der Waals surface area contributed by atoms with E-state index in [1.54, 1.807) is 13.8 Å². The van der Waals surface area contributed by atoms with E-state index in [0.29, 0.717) is 51.7 Å². The van der Waals surface area contributed by atoms with E-state index in [0.717, 1.165) is 6.42 Å². The number of carbonyl (C=O) groups excluding carboxylic acids is 5. The number of fused-ring (bicyclic) bond motifs is 1. The van der Waals surface area contributed by atoms with Crippen LogP contribution in [-0.4, -0.2) is 77.7 Å². The van der Waals surface area contributed by atoms with E-state index in [1.807, 2.05) is 0 Å². The Balaban J connectivity index is 1.65. The molecule has 0 aromatic heterocycles. The van der Waals surface area contributed by atoms with Crippen LogP contribution in [0.3, 0.4) is 0 Å². The standard InChI is InChI=1S/C21H32N4O6/c1-12-18(27)22-13(2)19(28)24-14(7-4-3-5-9-16(26)17-11-31-17)21(30)25-10-6-8-15(25)20(29)23-12/h12-15,17H,3-11H2,1-2H3,(H,22,27)(H,23,29)(H,24,28)/t12-,13-,14+,15-,17-/m0/s1. The molecular weight excluding hydrogens is 404 g/mol. The fourth-order valence-corrected chi connectivity index (χ4v) is 4.06. The molecule has 0 spiro atoms. The number of unbranched alkanes of at least 4 members (excludes halogenated alkanes) is 2. The highest BCUT2D eigenvalue weighted by Gasteiger charge is 2.39. The molecule has 3 aliphatic heterocycles. The van der Waals surface area contributed by atoms with Crippen molar-refractivity contribution in [2.24, 2.45) is 0 Å². The summed E-state index contributed by atoms with van der Waals surface area (Å²) in [6.07, 6.45) is 3.92. The van der Waals surface area contributed by atoms with Gasteiger partial charge in [0.05, 0.1) is 6.61 Å². The number of nitrogens with one attached hydrogen (secondary N) is 3. The van der Waals surface area contributed by atoms with Gasteiger partial charge >= 0.3 is 0 Å². The lowest BCUT2D eigenvalue weighted by Gasteiger charge is -2.31. The van der Waals surface area contributed by atoms with Crippen molar-refractivity contribution in [1.29, 1.82) is 0 Å². The third kappa shape index (κ3) is 6.03. The average molecular weight is 437 g/mol. The molecule has 0 aromatic carbocycles. The second kappa shape index (κ2) is 10.2. The summed E-state index contributed by atoms with van der Waals surface area (Å²) in [4.78, 5) is 64.0. The van der Waals surface area contributed by atoms with Crippen molar-refractivity contribution in [3.05, 3.63) is 0 Å². The van der Waals surface area contributed by atoms with Gasteiger partial charge in [-0.05, 0) is 39.5 Å². The Kier molecular flexibility index (Phi) is 7.64. The first-order valence-electron chi connectivity index (χ1n) is 11.1. The summed E-state index contributed by atoms with van der Waals surface area (Å²) in [6.45, 7) is 4.04. The number of carbonyl (C=O) groups is 5. The number of hydrogen-bond acceptors (Lipinski definition) is 6. The Hall–Kier alpha value is -2.49. The molecule has 0 unspecified atom stereocenters. The second-order valence-corrected chi connectivity index (χ2v) is 8.60. The third-order valence-corrected chi connectivity index (χ3v) is 6.07. The average Bonchev–Trinajstić information content (AvgIpc) is 3.47. The van der Waals surface area contributed by atoms with E-state index in [1.165, 1.54) is 4.90 Å². The van der Waals surface area contributed by atoms with Crippen molar-refractivity contribution in [3.8, 4) is 0 Å². The molecule has 3 aliphatic rings. The normalized spacial score (nSPS) is 31.7. The van der Waals surface area contributed by atoms with Crippen molar-refractivity contribution in [2.45, 2.75) is 89.1 Å². The molecule has 3 fully saturated rings. The largest absolute Gasteiger partial charge is 0.365 e. The third-order valence-electron chi connectivity index (χ3n) is 6.07. The summed E-state index contributed by atoms with van der Waals surface area (Å²) in [5.74, 6) is -1.41. The van der Waals surface area contributed by atoms with Crippen LogP contribution in [0.25, 0.3) is 0 Å². The molecule has 0 aliphatic carbocycles.